The lowest BCUT2D eigenvalue weighted by molar-refractivity contribution is 0.563. The molecule has 0 saturated heterocycles. The maximum absolute atomic E-state index is 14.0. The lowest BCUT2D eigenvalue weighted by Crippen LogP contribution is -2.32. The summed E-state index contributed by atoms with van der Waals surface area (Å²) in [5, 5.41) is 7.85. The van der Waals surface area contributed by atoms with Crippen molar-refractivity contribution in [3.63, 3.8) is 0 Å². The molecule has 1 aliphatic rings. The Morgan fingerprint density at radius 1 is 0.800 bits per heavy atom. The number of aromatic nitrogens is 2. The van der Waals surface area contributed by atoms with Crippen molar-refractivity contribution in [2.75, 3.05) is 5.32 Å². The summed E-state index contributed by atoms with van der Waals surface area (Å²) in [5.74, 6) is -0.389. The topological polar surface area (TPSA) is 64.0 Å². The van der Waals surface area contributed by atoms with Gasteiger partial charge in [-0.05, 0) is 66.6 Å². The molecular weight excluding hydrogens is 528 g/mol. The SMILES string of the molecule is Cc1ccc(S(=O)(=O)n2nc(Nc3ccccc3)c3c2CC(c2ccc(F)cc2)(c2ccc(F)cc2)C=C3)cc1. The van der Waals surface area contributed by atoms with Crippen LogP contribution in [-0.4, -0.2) is 17.6 Å². The molecule has 1 heterocycles. The molecule has 1 N–H and O–H groups in total. The predicted molar refractivity (Wildman–Crippen MR) is 152 cm³/mol. The van der Waals surface area contributed by atoms with Crippen molar-refractivity contribution in [2.45, 2.75) is 23.7 Å². The van der Waals surface area contributed by atoms with E-state index in [0.717, 1.165) is 26.5 Å². The Kier molecular flexibility index (Phi) is 6.35. The maximum Gasteiger partial charge on any atom is 0.283 e. The summed E-state index contributed by atoms with van der Waals surface area (Å²) in [5.41, 5.74) is 3.34. The molecule has 0 radical (unpaired) electrons. The third-order valence-electron chi connectivity index (χ3n) is 7.27. The van der Waals surface area contributed by atoms with Crippen LogP contribution in [0.1, 0.15) is 27.9 Å². The quantitative estimate of drug-likeness (QED) is 0.246. The van der Waals surface area contributed by atoms with Gasteiger partial charge in [0.05, 0.1) is 10.6 Å². The summed E-state index contributed by atoms with van der Waals surface area (Å²) in [6, 6.07) is 28.2. The monoisotopic (exact) mass is 553 g/mol. The number of aryl methyl sites for hydroxylation is 1. The number of halogens is 2. The smallest absolute Gasteiger partial charge is 0.283 e. The number of anilines is 2. The van der Waals surface area contributed by atoms with E-state index in [0.29, 0.717) is 17.1 Å². The maximum atomic E-state index is 14.0. The van der Waals surface area contributed by atoms with Gasteiger partial charge in [-0.3, -0.25) is 0 Å². The molecule has 0 aliphatic heterocycles. The number of benzene rings is 4. The van der Waals surface area contributed by atoms with Gasteiger partial charge in [-0.1, -0.05) is 72.3 Å². The highest BCUT2D eigenvalue weighted by Crippen LogP contribution is 2.44. The van der Waals surface area contributed by atoms with E-state index in [-0.39, 0.29) is 23.0 Å². The Morgan fingerprint density at radius 3 is 1.95 bits per heavy atom. The molecule has 1 aliphatic carbocycles. The molecular formula is C32H25F2N3O2S. The van der Waals surface area contributed by atoms with E-state index in [2.05, 4.69) is 10.4 Å². The first-order valence-electron chi connectivity index (χ1n) is 12.7. The zero-order valence-corrected chi connectivity index (χ0v) is 22.4. The Balaban J connectivity index is 1.57. The van der Waals surface area contributed by atoms with Crippen molar-refractivity contribution in [2.24, 2.45) is 0 Å². The predicted octanol–water partition coefficient (Wildman–Crippen LogP) is 7.01. The minimum atomic E-state index is -4.08. The van der Waals surface area contributed by atoms with Gasteiger partial charge in [0.15, 0.2) is 5.82 Å². The van der Waals surface area contributed by atoms with Gasteiger partial charge in [0.2, 0.25) is 0 Å². The Hall–Kier alpha value is -4.56. The highest BCUT2D eigenvalue weighted by molar-refractivity contribution is 7.89. The molecule has 0 saturated carbocycles. The van der Waals surface area contributed by atoms with Crippen molar-refractivity contribution in [1.82, 2.24) is 9.19 Å². The van der Waals surface area contributed by atoms with Gasteiger partial charge in [-0.2, -0.15) is 12.5 Å². The second-order valence-electron chi connectivity index (χ2n) is 9.86. The normalized spacial score (nSPS) is 14.1. The van der Waals surface area contributed by atoms with Crippen LogP contribution in [0.2, 0.25) is 0 Å². The zero-order valence-electron chi connectivity index (χ0n) is 21.6. The molecule has 5 aromatic rings. The molecule has 5 nitrogen and oxygen atoms in total. The molecule has 0 bridgehead atoms. The number of rotatable bonds is 6. The second kappa shape index (κ2) is 9.88. The van der Waals surface area contributed by atoms with Gasteiger partial charge in [0, 0.05) is 23.1 Å². The van der Waals surface area contributed by atoms with Crippen LogP contribution in [0.25, 0.3) is 6.08 Å². The Morgan fingerprint density at radius 2 is 1.38 bits per heavy atom. The first-order valence-corrected chi connectivity index (χ1v) is 14.2. The first-order chi connectivity index (χ1) is 19.3. The molecule has 0 atom stereocenters. The molecule has 200 valence electrons. The standard InChI is InChI=1S/C32H25F2N3O2S/c1-22-7-17-28(18-8-22)40(38,39)37-30-21-32(23-9-13-25(33)14-10-23,24-11-15-26(34)16-12-24)20-19-29(30)31(36-37)35-27-5-3-2-4-6-27/h2-20H,21H2,1H3,(H,35,36). The van der Waals surface area contributed by atoms with Crippen molar-refractivity contribution in [3.8, 4) is 0 Å². The number of nitrogens with zero attached hydrogens (tertiary/aromatic N) is 2. The van der Waals surface area contributed by atoms with E-state index in [1.807, 2.05) is 49.4 Å². The van der Waals surface area contributed by atoms with Gasteiger partial charge in [-0.15, -0.1) is 5.10 Å². The van der Waals surface area contributed by atoms with E-state index in [9.17, 15) is 17.2 Å². The van der Waals surface area contributed by atoms with Crippen LogP contribution in [0.3, 0.4) is 0 Å². The van der Waals surface area contributed by atoms with Gasteiger partial charge < -0.3 is 5.32 Å². The average molecular weight is 554 g/mol. The zero-order chi connectivity index (χ0) is 27.9. The molecule has 1 aromatic heterocycles. The van der Waals surface area contributed by atoms with Crippen LogP contribution >= 0.6 is 0 Å². The van der Waals surface area contributed by atoms with Crippen LogP contribution in [0.4, 0.5) is 20.3 Å². The fourth-order valence-corrected chi connectivity index (χ4v) is 6.47. The van der Waals surface area contributed by atoms with E-state index in [4.69, 9.17) is 0 Å². The molecule has 0 spiro atoms. The van der Waals surface area contributed by atoms with Gasteiger partial charge in [0.1, 0.15) is 11.6 Å². The Labute approximate surface area is 231 Å². The Bertz CT molecular complexity index is 1770. The third kappa shape index (κ3) is 4.50. The molecule has 0 amide bonds. The number of hydrogen-bond acceptors (Lipinski definition) is 4. The van der Waals surface area contributed by atoms with Crippen molar-refractivity contribution < 1.29 is 17.2 Å². The number of fused-ring (bicyclic) bond motifs is 1. The summed E-state index contributed by atoms with van der Waals surface area (Å²) >= 11 is 0. The summed E-state index contributed by atoms with van der Waals surface area (Å²) in [4.78, 5) is 0.110. The molecule has 4 aromatic carbocycles. The van der Waals surface area contributed by atoms with Crippen LogP contribution in [-0.2, 0) is 21.9 Å². The molecule has 8 heteroatoms. The molecule has 0 unspecified atom stereocenters. The van der Waals surface area contributed by atoms with Crippen LogP contribution < -0.4 is 5.32 Å². The second-order valence-corrected chi connectivity index (χ2v) is 11.6. The van der Waals surface area contributed by atoms with Crippen LogP contribution in [0.15, 0.2) is 114 Å². The minimum Gasteiger partial charge on any atom is -0.338 e. The highest BCUT2D eigenvalue weighted by atomic mass is 32.2. The number of allylic oxidation sites excluding steroid dienone is 1. The summed E-state index contributed by atoms with van der Waals surface area (Å²) in [6.07, 6.45) is 3.98. The highest BCUT2D eigenvalue weighted by Gasteiger charge is 2.40. The van der Waals surface area contributed by atoms with E-state index < -0.39 is 15.4 Å². The van der Waals surface area contributed by atoms with Gasteiger partial charge in [0.25, 0.3) is 10.0 Å². The van der Waals surface area contributed by atoms with E-state index in [1.165, 1.54) is 24.3 Å². The third-order valence-corrected chi connectivity index (χ3v) is 8.90. The molecule has 40 heavy (non-hydrogen) atoms. The van der Waals surface area contributed by atoms with Crippen molar-refractivity contribution >= 4 is 27.6 Å². The molecule has 0 fully saturated rings. The van der Waals surface area contributed by atoms with Crippen LogP contribution in [0, 0.1) is 18.6 Å². The lowest BCUT2D eigenvalue weighted by Gasteiger charge is -2.35. The largest absolute Gasteiger partial charge is 0.338 e. The summed E-state index contributed by atoms with van der Waals surface area (Å²) < 4.78 is 57.0. The fraction of sp³-hybridized carbons (Fsp3) is 0.0938. The fourth-order valence-electron chi connectivity index (χ4n) is 5.15. The average Bonchev–Trinajstić information content (AvgIpc) is 3.32. The summed E-state index contributed by atoms with van der Waals surface area (Å²) in [6.45, 7) is 1.89. The molecule has 6 rings (SSSR count). The number of para-hydroxylation sites is 1. The van der Waals surface area contributed by atoms with Crippen molar-refractivity contribution in [1.29, 1.82) is 0 Å². The van der Waals surface area contributed by atoms with Crippen LogP contribution in [0.5, 0.6) is 0 Å². The number of nitrogens with one attached hydrogen (secondary N) is 1. The van der Waals surface area contributed by atoms with Gasteiger partial charge in [-0.25, -0.2) is 8.78 Å². The number of hydrogen-bond donors (Lipinski definition) is 1. The van der Waals surface area contributed by atoms with E-state index in [1.54, 1.807) is 48.5 Å². The lowest BCUT2D eigenvalue weighted by atomic mass is 9.68. The van der Waals surface area contributed by atoms with Gasteiger partial charge >= 0.3 is 0 Å². The summed E-state index contributed by atoms with van der Waals surface area (Å²) in [7, 11) is -4.08. The van der Waals surface area contributed by atoms with E-state index >= 15 is 0 Å². The van der Waals surface area contributed by atoms with Crippen molar-refractivity contribution in [3.05, 3.63) is 149 Å². The first kappa shape index (κ1) is 25.7. The minimum absolute atomic E-state index is 0.110.